The molecule has 2 fully saturated rings. The first-order valence-corrected chi connectivity index (χ1v) is 9.49. The molecule has 146 valence electrons. The molecular formula is C15H23N3O7S. The van der Waals surface area contributed by atoms with Crippen LogP contribution >= 0.6 is 11.8 Å². The van der Waals surface area contributed by atoms with E-state index in [4.69, 9.17) is 10.8 Å². The molecule has 0 spiro atoms. The summed E-state index contributed by atoms with van der Waals surface area (Å²) in [5, 5.41) is 14.6. The minimum Gasteiger partial charge on any atom is -0.481 e. The van der Waals surface area contributed by atoms with E-state index in [1.54, 1.807) is 11.8 Å². The second-order valence-corrected chi connectivity index (χ2v) is 7.54. The number of hydrogen-bond acceptors (Lipinski definition) is 8. The van der Waals surface area contributed by atoms with Gasteiger partial charge in [0, 0.05) is 17.4 Å². The maximum absolute atomic E-state index is 11.6. The van der Waals surface area contributed by atoms with Crippen molar-refractivity contribution in [2.75, 3.05) is 5.75 Å². The molecule has 2 amide bonds. The molecule has 0 aromatic heterocycles. The van der Waals surface area contributed by atoms with Gasteiger partial charge in [-0.3, -0.25) is 4.79 Å². The number of fused-ring (bicyclic) bond motifs is 1. The van der Waals surface area contributed by atoms with Crippen LogP contribution < -0.4 is 16.4 Å². The first-order valence-electron chi connectivity index (χ1n) is 8.44. The highest BCUT2D eigenvalue weighted by Gasteiger charge is 2.42. The average Bonchev–Trinajstić information content (AvgIpc) is 3.13. The molecule has 0 bridgehead atoms. The monoisotopic (exact) mass is 389 g/mol. The van der Waals surface area contributed by atoms with Crippen LogP contribution in [-0.2, 0) is 24.2 Å². The number of carbonyl (C=O) groups is 4. The van der Waals surface area contributed by atoms with Gasteiger partial charge in [-0.25, -0.2) is 24.2 Å². The predicted molar refractivity (Wildman–Crippen MR) is 91.0 cm³/mol. The molecule has 2 aliphatic heterocycles. The van der Waals surface area contributed by atoms with E-state index >= 15 is 0 Å². The van der Waals surface area contributed by atoms with Crippen LogP contribution in [0.1, 0.15) is 38.5 Å². The Hall–Kier alpha value is -2.01. The average molecular weight is 389 g/mol. The number of amides is 2. The van der Waals surface area contributed by atoms with E-state index in [1.807, 2.05) is 0 Å². The Kier molecular flexibility index (Phi) is 7.51. The highest BCUT2D eigenvalue weighted by molar-refractivity contribution is 8.00. The summed E-state index contributed by atoms with van der Waals surface area (Å²) in [5.41, 5.74) is 5.43. The topological polar surface area (TPSA) is 157 Å². The molecule has 0 aliphatic carbocycles. The van der Waals surface area contributed by atoms with Crippen LogP contribution in [0.5, 0.6) is 0 Å². The number of carboxylic acids is 1. The Morgan fingerprint density at radius 1 is 1.23 bits per heavy atom. The first-order chi connectivity index (χ1) is 12.4. The predicted octanol–water partition coefficient (Wildman–Crippen LogP) is -0.0943. The van der Waals surface area contributed by atoms with Crippen LogP contribution in [0.15, 0.2) is 0 Å². The van der Waals surface area contributed by atoms with Crippen LogP contribution in [0.25, 0.3) is 0 Å². The van der Waals surface area contributed by atoms with Crippen molar-refractivity contribution in [3.8, 4) is 0 Å². The third-order valence-corrected chi connectivity index (χ3v) is 5.76. The van der Waals surface area contributed by atoms with Crippen LogP contribution in [0, 0.1) is 0 Å². The van der Waals surface area contributed by atoms with Crippen molar-refractivity contribution in [2.24, 2.45) is 5.73 Å². The highest BCUT2D eigenvalue weighted by atomic mass is 32.2. The molecule has 5 N–H and O–H groups in total. The van der Waals surface area contributed by atoms with Crippen molar-refractivity contribution in [1.82, 2.24) is 10.6 Å². The molecule has 2 aliphatic rings. The summed E-state index contributed by atoms with van der Waals surface area (Å²) in [4.78, 5) is 53.4. The van der Waals surface area contributed by atoms with Crippen molar-refractivity contribution in [3.63, 3.8) is 0 Å². The molecule has 0 saturated carbocycles. The van der Waals surface area contributed by atoms with E-state index in [0.717, 1.165) is 18.6 Å². The highest BCUT2D eigenvalue weighted by Crippen LogP contribution is 2.33. The van der Waals surface area contributed by atoms with Crippen LogP contribution in [0.2, 0.25) is 0 Å². The van der Waals surface area contributed by atoms with Crippen molar-refractivity contribution >= 4 is 35.7 Å². The van der Waals surface area contributed by atoms with Crippen molar-refractivity contribution < 1.29 is 34.1 Å². The van der Waals surface area contributed by atoms with Gasteiger partial charge in [-0.1, -0.05) is 6.42 Å². The number of aliphatic carboxylic acids is 1. The lowest BCUT2D eigenvalue weighted by molar-refractivity contribution is -0.260. The molecule has 0 aromatic carbocycles. The van der Waals surface area contributed by atoms with Gasteiger partial charge < -0.3 is 21.5 Å². The number of unbranched alkanes of at least 4 members (excludes halogenated alkanes) is 1. The Morgan fingerprint density at radius 2 is 2.00 bits per heavy atom. The number of nitrogens with two attached hydrogens (primary N) is 1. The van der Waals surface area contributed by atoms with Crippen LogP contribution in [-0.4, -0.2) is 58.2 Å². The van der Waals surface area contributed by atoms with E-state index in [9.17, 15) is 19.2 Å². The van der Waals surface area contributed by atoms with Gasteiger partial charge in [0.05, 0.1) is 18.5 Å². The lowest BCUT2D eigenvalue weighted by atomic mass is 10.0. The Labute approximate surface area is 154 Å². The number of hydrogen-bond donors (Lipinski definition) is 4. The fourth-order valence-corrected chi connectivity index (χ4v) is 4.39. The first kappa shape index (κ1) is 20.3. The smallest absolute Gasteiger partial charge is 0.372 e. The molecule has 0 unspecified atom stereocenters. The van der Waals surface area contributed by atoms with Gasteiger partial charge in [0.25, 0.3) is 0 Å². The minimum absolute atomic E-state index is 0.0910. The second-order valence-electron chi connectivity index (χ2n) is 6.26. The summed E-state index contributed by atoms with van der Waals surface area (Å²) in [6.45, 7) is 0. The summed E-state index contributed by atoms with van der Waals surface area (Å²) in [5.74, 6) is -1.85. The van der Waals surface area contributed by atoms with E-state index in [2.05, 4.69) is 20.4 Å². The molecular weight excluding hydrogens is 366 g/mol. The molecule has 4 atom stereocenters. The molecule has 0 radical (unpaired) electrons. The minimum atomic E-state index is -1.15. The fraction of sp³-hybridized carbons (Fsp3) is 0.733. The van der Waals surface area contributed by atoms with E-state index in [1.165, 1.54) is 0 Å². The molecule has 2 saturated heterocycles. The Bertz CT molecular complexity index is 559. The number of thioether (sulfide) groups is 1. The summed E-state index contributed by atoms with van der Waals surface area (Å²) in [6, 6.07) is -0.973. The summed E-state index contributed by atoms with van der Waals surface area (Å²) < 4.78 is 0. The lowest BCUT2D eigenvalue weighted by Gasteiger charge is -2.16. The molecule has 2 rings (SSSR count). The maximum atomic E-state index is 11.6. The fourth-order valence-electron chi connectivity index (χ4n) is 2.85. The van der Waals surface area contributed by atoms with E-state index in [-0.39, 0.29) is 37.4 Å². The molecule has 26 heavy (non-hydrogen) atoms. The van der Waals surface area contributed by atoms with Gasteiger partial charge in [-0.2, -0.15) is 11.8 Å². The van der Waals surface area contributed by atoms with Gasteiger partial charge >= 0.3 is 23.9 Å². The van der Waals surface area contributed by atoms with Crippen LogP contribution in [0.4, 0.5) is 4.79 Å². The summed E-state index contributed by atoms with van der Waals surface area (Å²) >= 11 is 1.80. The van der Waals surface area contributed by atoms with Crippen molar-refractivity contribution in [2.45, 2.75) is 61.9 Å². The zero-order chi connectivity index (χ0) is 19.1. The van der Waals surface area contributed by atoms with Gasteiger partial charge in [0.15, 0.2) is 0 Å². The number of carboxylic acid groups (broad SMARTS) is 1. The van der Waals surface area contributed by atoms with Crippen molar-refractivity contribution in [1.29, 1.82) is 0 Å². The van der Waals surface area contributed by atoms with Gasteiger partial charge in [0.1, 0.15) is 6.04 Å². The standard InChI is InChI=1S/C15H23N3O7S/c16-8(5-6-11(19)20)14(22)25-24-12(21)4-2-1-3-10-13-9(7-26-10)17-15(23)18-13/h8-10,13H,1-7,16H2,(H,19,20)(H2,17,18,23)/t8-,9-,10-,13-/m1/s1. The number of rotatable bonds is 9. The lowest BCUT2D eigenvalue weighted by Crippen LogP contribution is -2.36. The normalized spacial score (nSPS) is 25.0. The molecule has 2 heterocycles. The van der Waals surface area contributed by atoms with Gasteiger partial charge in [-0.15, -0.1) is 0 Å². The van der Waals surface area contributed by atoms with Gasteiger partial charge in [0.2, 0.25) is 0 Å². The maximum Gasteiger partial charge on any atom is 0.372 e. The zero-order valence-corrected chi connectivity index (χ0v) is 15.0. The quantitative estimate of drug-likeness (QED) is 0.183. The number of urea groups is 1. The van der Waals surface area contributed by atoms with E-state index in [0.29, 0.717) is 11.7 Å². The molecule has 11 heteroatoms. The van der Waals surface area contributed by atoms with Gasteiger partial charge in [-0.05, 0) is 19.3 Å². The largest absolute Gasteiger partial charge is 0.481 e. The number of nitrogens with one attached hydrogen (secondary N) is 2. The zero-order valence-electron chi connectivity index (χ0n) is 14.1. The second kappa shape index (κ2) is 9.62. The SMILES string of the molecule is N[C@H](CCC(=O)O)C(=O)OOC(=O)CCCC[C@H]1SC[C@H]2NC(=O)N[C@H]21. The third-order valence-electron chi connectivity index (χ3n) is 4.25. The summed E-state index contributed by atoms with van der Waals surface area (Å²) in [7, 11) is 0. The third kappa shape index (κ3) is 6.06. The van der Waals surface area contributed by atoms with Crippen molar-refractivity contribution in [3.05, 3.63) is 0 Å². The molecule has 0 aromatic rings. The Morgan fingerprint density at radius 3 is 2.73 bits per heavy atom. The summed E-state index contributed by atoms with van der Waals surface area (Å²) in [6.07, 6.45) is 1.92. The Balaban J connectivity index is 1.54. The number of carbonyl (C=O) groups excluding carboxylic acids is 3. The van der Waals surface area contributed by atoms with E-state index < -0.39 is 23.9 Å². The molecule has 10 nitrogen and oxygen atoms in total. The van der Waals surface area contributed by atoms with Crippen LogP contribution in [0.3, 0.4) is 0 Å².